The number of methoxy groups -OCH3 is 1. The van der Waals surface area contributed by atoms with E-state index < -0.39 is 17.8 Å². The van der Waals surface area contributed by atoms with E-state index in [-0.39, 0.29) is 12.4 Å². The molecular formula is C20H22ClNO4. The number of carbonyl (C=O) groups is 2. The SMILES string of the molecule is COCCOC(=O)C1C(C)=NC2=C(C(=O)CCC2)[C@H]1c1cccc(Cl)c1. The molecule has 26 heavy (non-hydrogen) atoms. The Balaban J connectivity index is 2.04. The maximum absolute atomic E-state index is 12.8. The van der Waals surface area contributed by atoms with Crippen molar-refractivity contribution in [2.75, 3.05) is 20.3 Å². The molecule has 2 atom stereocenters. The summed E-state index contributed by atoms with van der Waals surface area (Å²) in [6, 6.07) is 7.32. The fraction of sp³-hybridized carbons (Fsp3) is 0.450. The molecule has 0 bridgehead atoms. The predicted octanol–water partition coefficient (Wildman–Crippen LogP) is 3.71. The lowest BCUT2D eigenvalue weighted by atomic mass is 9.72. The van der Waals surface area contributed by atoms with Crippen LogP contribution in [-0.4, -0.2) is 37.8 Å². The first-order valence-electron chi connectivity index (χ1n) is 8.75. The van der Waals surface area contributed by atoms with Crippen LogP contribution < -0.4 is 0 Å². The van der Waals surface area contributed by atoms with Crippen molar-refractivity contribution in [1.29, 1.82) is 0 Å². The summed E-state index contributed by atoms with van der Waals surface area (Å²) in [5.74, 6) is -1.38. The van der Waals surface area contributed by atoms with Gasteiger partial charge in [-0.15, -0.1) is 0 Å². The van der Waals surface area contributed by atoms with Gasteiger partial charge >= 0.3 is 5.97 Å². The molecule has 1 unspecified atom stereocenters. The zero-order chi connectivity index (χ0) is 18.7. The number of hydrogen-bond acceptors (Lipinski definition) is 5. The van der Waals surface area contributed by atoms with Crippen molar-refractivity contribution < 1.29 is 19.1 Å². The largest absolute Gasteiger partial charge is 0.463 e. The van der Waals surface area contributed by atoms with E-state index in [1.807, 2.05) is 25.1 Å². The Morgan fingerprint density at radius 3 is 2.85 bits per heavy atom. The van der Waals surface area contributed by atoms with E-state index in [0.717, 1.165) is 24.1 Å². The Morgan fingerprint density at radius 2 is 2.12 bits per heavy atom. The minimum absolute atomic E-state index is 0.0576. The number of allylic oxidation sites excluding steroid dienone is 2. The van der Waals surface area contributed by atoms with Crippen LogP contribution in [0.5, 0.6) is 0 Å². The van der Waals surface area contributed by atoms with Gasteiger partial charge in [-0.05, 0) is 37.5 Å². The lowest BCUT2D eigenvalue weighted by Gasteiger charge is -2.34. The quantitative estimate of drug-likeness (QED) is 0.581. The molecule has 0 spiro atoms. The second kappa shape index (κ2) is 8.14. The highest BCUT2D eigenvalue weighted by molar-refractivity contribution is 6.30. The van der Waals surface area contributed by atoms with Crippen LogP contribution in [0.3, 0.4) is 0 Å². The van der Waals surface area contributed by atoms with E-state index in [0.29, 0.717) is 29.3 Å². The second-order valence-electron chi connectivity index (χ2n) is 6.56. The average Bonchev–Trinajstić information content (AvgIpc) is 2.61. The van der Waals surface area contributed by atoms with Crippen LogP contribution in [0.1, 0.15) is 37.7 Å². The van der Waals surface area contributed by atoms with Gasteiger partial charge in [-0.25, -0.2) is 0 Å². The molecule has 1 aliphatic carbocycles. The second-order valence-corrected chi connectivity index (χ2v) is 7.00. The maximum atomic E-state index is 12.8. The zero-order valence-corrected chi connectivity index (χ0v) is 15.7. The van der Waals surface area contributed by atoms with E-state index in [9.17, 15) is 9.59 Å². The highest BCUT2D eigenvalue weighted by Gasteiger charge is 2.43. The fourth-order valence-electron chi connectivity index (χ4n) is 3.69. The molecule has 3 rings (SSSR count). The van der Waals surface area contributed by atoms with Gasteiger partial charge in [0.15, 0.2) is 5.78 Å². The number of Topliss-reactive ketones (excluding diaryl/α,β-unsaturated/α-hetero) is 1. The van der Waals surface area contributed by atoms with Crippen LogP contribution in [-0.2, 0) is 19.1 Å². The molecule has 138 valence electrons. The van der Waals surface area contributed by atoms with Gasteiger partial charge in [0.25, 0.3) is 0 Å². The molecule has 1 aromatic rings. The number of carbonyl (C=O) groups excluding carboxylic acids is 2. The molecule has 0 saturated heterocycles. The summed E-state index contributed by atoms with van der Waals surface area (Å²) in [6.45, 7) is 2.31. The van der Waals surface area contributed by atoms with Crippen molar-refractivity contribution >= 4 is 29.1 Å². The van der Waals surface area contributed by atoms with Gasteiger partial charge in [0.05, 0.1) is 6.61 Å². The van der Waals surface area contributed by atoms with Crippen LogP contribution in [0.15, 0.2) is 40.5 Å². The van der Waals surface area contributed by atoms with E-state index in [1.165, 1.54) is 0 Å². The highest BCUT2D eigenvalue weighted by Crippen LogP contribution is 2.43. The first-order chi connectivity index (χ1) is 12.5. The van der Waals surface area contributed by atoms with E-state index >= 15 is 0 Å². The third kappa shape index (κ3) is 3.74. The maximum Gasteiger partial charge on any atom is 0.315 e. The van der Waals surface area contributed by atoms with E-state index in [4.69, 9.17) is 21.1 Å². The van der Waals surface area contributed by atoms with Crippen LogP contribution in [0.25, 0.3) is 0 Å². The number of halogens is 1. The number of benzene rings is 1. The average molecular weight is 376 g/mol. The van der Waals surface area contributed by atoms with Crippen LogP contribution in [0.2, 0.25) is 5.02 Å². The molecule has 6 heteroatoms. The van der Waals surface area contributed by atoms with Crippen molar-refractivity contribution in [1.82, 2.24) is 0 Å². The molecule has 0 N–H and O–H groups in total. The summed E-state index contributed by atoms with van der Waals surface area (Å²) in [4.78, 5) is 30.1. The monoisotopic (exact) mass is 375 g/mol. The van der Waals surface area contributed by atoms with Crippen molar-refractivity contribution in [2.24, 2.45) is 10.9 Å². The van der Waals surface area contributed by atoms with Gasteiger partial charge in [0, 0.05) is 41.5 Å². The number of ketones is 1. The molecule has 0 saturated carbocycles. The van der Waals surface area contributed by atoms with Crippen LogP contribution in [0.4, 0.5) is 0 Å². The van der Waals surface area contributed by atoms with Gasteiger partial charge in [0.2, 0.25) is 0 Å². The lowest BCUT2D eigenvalue weighted by molar-refractivity contribution is -0.147. The van der Waals surface area contributed by atoms with Crippen molar-refractivity contribution in [3.63, 3.8) is 0 Å². The molecular weight excluding hydrogens is 354 g/mol. The van der Waals surface area contributed by atoms with E-state index in [1.54, 1.807) is 13.2 Å². The van der Waals surface area contributed by atoms with Gasteiger partial charge in [-0.3, -0.25) is 14.6 Å². The van der Waals surface area contributed by atoms with Gasteiger partial charge in [-0.1, -0.05) is 23.7 Å². The zero-order valence-electron chi connectivity index (χ0n) is 15.0. The summed E-state index contributed by atoms with van der Waals surface area (Å²) in [5.41, 5.74) is 2.94. The highest BCUT2D eigenvalue weighted by atomic mass is 35.5. The first-order valence-corrected chi connectivity index (χ1v) is 9.13. The third-order valence-electron chi connectivity index (χ3n) is 4.83. The number of ether oxygens (including phenoxy) is 2. The molecule has 0 aromatic heterocycles. The summed E-state index contributed by atoms with van der Waals surface area (Å²) in [5, 5.41) is 0.569. The number of hydrogen-bond donors (Lipinski definition) is 0. The van der Waals surface area contributed by atoms with Crippen LogP contribution in [0, 0.1) is 5.92 Å². The predicted molar refractivity (Wildman–Crippen MR) is 99.5 cm³/mol. The molecule has 1 aromatic carbocycles. The Morgan fingerprint density at radius 1 is 1.31 bits per heavy atom. The fourth-order valence-corrected chi connectivity index (χ4v) is 3.89. The van der Waals surface area contributed by atoms with Crippen molar-refractivity contribution in [2.45, 2.75) is 32.1 Å². The number of nitrogens with zero attached hydrogens (tertiary/aromatic N) is 1. The molecule has 0 radical (unpaired) electrons. The lowest BCUT2D eigenvalue weighted by Crippen LogP contribution is -2.37. The van der Waals surface area contributed by atoms with Gasteiger partial charge in [-0.2, -0.15) is 0 Å². The summed E-state index contributed by atoms with van der Waals surface area (Å²) >= 11 is 6.18. The molecule has 2 aliphatic rings. The summed E-state index contributed by atoms with van der Waals surface area (Å²) in [7, 11) is 1.55. The third-order valence-corrected chi connectivity index (χ3v) is 5.06. The molecule has 0 amide bonds. The van der Waals surface area contributed by atoms with Crippen molar-refractivity contribution in [3.05, 3.63) is 46.1 Å². The number of esters is 1. The molecule has 5 nitrogen and oxygen atoms in total. The Labute approximate surface area is 158 Å². The van der Waals surface area contributed by atoms with Crippen molar-refractivity contribution in [3.8, 4) is 0 Å². The summed E-state index contributed by atoms with van der Waals surface area (Å²) < 4.78 is 10.3. The Bertz CT molecular complexity index is 784. The van der Waals surface area contributed by atoms with Gasteiger partial charge in [0.1, 0.15) is 12.5 Å². The van der Waals surface area contributed by atoms with Crippen LogP contribution >= 0.6 is 11.6 Å². The Kier molecular flexibility index (Phi) is 5.89. The summed E-state index contributed by atoms with van der Waals surface area (Å²) in [6.07, 6.45) is 2.02. The molecule has 1 aliphatic heterocycles. The minimum atomic E-state index is -0.633. The smallest absolute Gasteiger partial charge is 0.315 e. The topological polar surface area (TPSA) is 65.0 Å². The van der Waals surface area contributed by atoms with E-state index in [2.05, 4.69) is 4.99 Å². The van der Waals surface area contributed by atoms with Gasteiger partial charge < -0.3 is 9.47 Å². The molecule has 1 heterocycles. The normalized spacial score (nSPS) is 22.7. The Hall–Kier alpha value is -1.98. The number of aliphatic imine (C=N–C) groups is 1. The first kappa shape index (κ1) is 18.8. The minimum Gasteiger partial charge on any atom is -0.463 e. The number of rotatable bonds is 5. The molecule has 0 fully saturated rings. The standard InChI is InChI=1S/C20H22ClNO4/c1-12-17(20(24)26-10-9-25-2)18(13-5-3-6-14(21)11-13)19-15(22-12)7-4-8-16(19)23/h3,5-6,11,17-18H,4,7-10H2,1-2H3/t17?,18-/m0/s1.